The number of carbonyl (C=O) groups excluding carboxylic acids is 2. The predicted octanol–water partition coefficient (Wildman–Crippen LogP) is 1.11. The molecule has 1 aromatic heterocycles. The van der Waals surface area contributed by atoms with E-state index >= 15 is 0 Å². The summed E-state index contributed by atoms with van der Waals surface area (Å²) in [5.41, 5.74) is 0.588. The largest absolute Gasteiger partial charge is 0.478 e. The van der Waals surface area contributed by atoms with E-state index in [9.17, 15) is 14.4 Å². The maximum absolute atomic E-state index is 12.7. The topological polar surface area (TPSA) is 109 Å². The molecule has 0 radical (unpaired) electrons. The molecule has 1 saturated heterocycles. The third-order valence-corrected chi connectivity index (χ3v) is 4.70. The van der Waals surface area contributed by atoms with E-state index in [4.69, 9.17) is 14.6 Å². The number of ether oxygens (including phenoxy) is 2. The molecule has 1 N–H and O–H groups in total. The lowest BCUT2D eigenvalue weighted by atomic mass is 10.1. The molecule has 9 nitrogen and oxygen atoms in total. The molecular formula is C19H17N3O6. The van der Waals surface area contributed by atoms with Gasteiger partial charge in [-0.1, -0.05) is 0 Å². The van der Waals surface area contributed by atoms with E-state index in [-0.39, 0.29) is 29.9 Å². The first-order valence-electron chi connectivity index (χ1n) is 8.70. The summed E-state index contributed by atoms with van der Waals surface area (Å²) in [7, 11) is 0. The van der Waals surface area contributed by atoms with Gasteiger partial charge in [0.2, 0.25) is 6.79 Å². The van der Waals surface area contributed by atoms with Gasteiger partial charge in [0.05, 0.1) is 5.56 Å². The first-order chi connectivity index (χ1) is 13.5. The number of aromatic nitrogens is 1. The van der Waals surface area contributed by atoms with E-state index in [0.29, 0.717) is 43.2 Å². The van der Waals surface area contributed by atoms with Gasteiger partial charge in [-0.3, -0.25) is 14.6 Å². The van der Waals surface area contributed by atoms with Crippen molar-refractivity contribution in [3.05, 3.63) is 53.3 Å². The Bertz CT molecular complexity index is 952. The number of rotatable bonds is 3. The Morgan fingerprint density at radius 1 is 0.857 bits per heavy atom. The third-order valence-electron chi connectivity index (χ3n) is 4.70. The minimum absolute atomic E-state index is 0.00923. The minimum Gasteiger partial charge on any atom is -0.478 e. The fraction of sp³-hybridized carbons (Fsp3) is 0.263. The summed E-state index contributed by atoms with van der Waals surface area (Å²) in [6.07, 6.45) is 1.30. The van der Waals surface area contributed by atoms with Gasteiger partial charge in [-0.05, 0) is 30.3 Å². The molecule has 1 aromatic carbocycles. The second kappa shape index (κ2) is 7.18. The number of carbonyl (C=O) groups is 3. The molecule has 0 bridgehead atoms. The first kappa shape index (κ1) is 17.8. The summed E-state index contributed by atoms with van der Waals surface area (Å²) < 4.78 is 10.6. The van der Waals surface area contributed by atoms with Crippen LogP contribution in [-0.2, 0) is 0 Å². The van der Waals surface area contributed by atoms with Crippen molar-refractivity contribution in [3.63, 3.8) is 0 Å². The highest BCUT2D eigenvalue weighted by Crippen LogP contribution is 2.32. The lowest BCUT2D eigenvalue weighted by molar-refractivity contribution is 0.0532. The monoisotopic (exact) mass is 383 g/mol. The van der Waals surface area contributed by atoms with Crippen molar-refractivity contribution < 1.29 is 29.0 Å². The molecule has 4 rings (SSSR count). The quantitative estimate of drug-likeness (QED) is 0.845. The maximum atomic E-state index is 12.7. The summed E-state index contributed by atoms with van der Waals surface area (Å²) in [6, 6.07) is 7.64. The third kappa shape index (κ3) is 3.34. The number of hydrogen-bond acceptors (Lipinski definition) is 6. The van der Waals surface area contributed by atoms with E-state index in [2.05, 4.69) is 4.98 Å². The van der Waals surface area contributed by atoms with E-state index in [1.807, 2.05) is 0 Å². The molecule has 0 aliphatic carbocycles. The standard InChI is InChI=1S/C19H17N3O6/c23-17(12-1-2-15-16(10-12)28-11-27-15)21-5-7-22(8-6-21)18(24)14-9-13(19(25)26)3-4-20-14/h1-4,9-10H,5-8,11H2,(H,25,26). The van der Waals surface area contributed by atoms with Gasteiger partial charge in [0, 0.05) is 37.9 Å². The number of fused-ring (bicyclic) bond motifs is 1. The molecule has 3 heterocycles. The highest BCUT2D eigenvalue weighted by Gasteiger charge is 2.27. The van der Waals surface area contributed by atoms with Crippen molar-refractivity contribution in [3.8, 4) is 11.5 Å². The van der Waals surface area contributed by atoms with Crippen LogP contribution >= 0.6 is 0 Å². The van der Waals surface area contributed by atoms with Crippen molar-refractivity contribution in [1.82, 2.24) is 14.8 Å². The lowest BCUT2D eigenvalue weighted by Gasteiger charge is -2.34. The number of carboxylic acids is 1. The van der Waals surface area contributed by atoms with Crippen LogP contribution in [0.25, 0.3) is 0 Å². The number of amides is 2. The van der Waals surface area contributed by atoms with Gasteiger partial charge in [0.1, 0.15) is 5.69 Å². The number of carboxylic acid groups (broad SMARTS) is 1. The molecule has 1 fully saturated rings. The molecule has 2 aliphatic rings. The van der Waals surface area contributed by atoms with Crippen LogP contribution in [0, 0.1) is 0 Å². The molecule has 9 heteroatoms. The summed E-state index contributed by atoms with van der Waals surface area (Å²) >= 11 is 0. The SMILES string of the molecule is O=C(O)c1ccnc(C(=O)N2CCN(C(=O)c3ccc4c(c3)OCO4)CC2)c1. The molecule has 2 aliphatic heterocycles. The number of pyridine rings is 1. The highest BCUT2D eigenvalue weighted by atomic mass is 16.7. The van der Waals surface area contributed by atoms with Crippen molar-refractivity contribution in [1.29, 1.82) is 0 Å². The second-order valence-electron chi connectivity index (χ2n) is 6.39. The van der Waals surface area contributed by atoms with Crippen LogP contribution in [0.2, 0.25) is 0 Å². The summed E-state index contributed by atoms with van der Waals surface area (Å²) in [5, 5.41) is 9.05. The van der Waals surface area contributed by atoms with Gasteiger partial charge < -0.3 is 24.4 Å². The van der Waals surface area contributed by atoms with Crippen molar-refractivity contribution in [2.75, 3.05) is 33.0 Å². The molecule has 2 aromatic rings. The fourth-order valence-corrected chi connectivity index (χ4v) is 3.17. The van der Waals surface area contributed by atoms with Crippen LogP contribution in [0.4, 0.5) is 0 Å². The minimum atomic E-state index is -1.12. The number of nitrogens with zero attached hydrogens (tertiary/aromatic N) is 3. The van der Waals surface area contributed by atoms with E-state index < -0.39 is 5.97 Å². The molecule has 0 atom stereocenters. The molecule has 144 valence electrons. The van der Waals surface area contributed by atoms with E-state index in [1.54, 1.807) is 28.0 Å². The van der Waals surface area contributed by atoms with Gasteiger partial charge in [0.15, 0.2) is 11.5 Å². The van der Waals surface area contributed by atoms with Crippen molar-refractivity contribution in [2.24, 2.45) is 0 Å². The van der Waals surface area contributed by atoms with E-state index in [0.717, 1.165) is 0 Å². The average Bonchev–Trinajstić information content (AvgIpc) is 3.20. The van der Waals surface area contributed by atoms with Gasteiger partial charge in [0.25, 0.3) is 11.8 Å². The number of benzene rings is 1. The Labute approximate surface area is 160 Å². The van der Waals surface area contributed by atoms with Gasteiger partial charge >= 0.3 is 5.97 Å². The van der Waals surface area contributed by atoms with Crippen LogP contribution in [0.15, 0.2) is 36.5 Å². The van der Waals surface area contributed by atoms with Gasteiger partial charge in [-0.2, -0.15) is 0 Å². The van der Waals surface area contributed by atoms with Gasteiger partial charge in [-0.25, -0.2) is 4.79 Å². The Hall–Kier alpha value is -3.62. The van der Waals surface area contributed by atoms with E-state index in [1.165, 1.54) is 18.3 Å². The smallest absolute Gasteiger partial charge is 0.335 e. The number of aromatic carboxylic acids is 1. The highest BCUT2D eigenvalue weighted by molar-refractivity contribution is 5.97. The van der Waals surface area contributed by atoms with Crippen molar-refractivity contribution >= 4 is 17.8 Å². The molecule has 2 amide bonds. The number of piperazine rings is 1. The Kier molecular flexibility index (Phi) is 4.56. The van der Waals surface area contributed by atoms with Crippen LogP contribution in [0.5, 0.6) is 11.5 Å². The molecule has 0 unspecified atom stereocenters. The Morgan fingerprint density at radius 3 is 2.25 bits per heavy atom. The first-order valence-corrected chi connectivity index (χ1v) is 8.70. The van der Waals surface area contributed by atoms with Gasteiger partial charge in [-0.15, -0.1) is 0 Å². The second-order valence-corrected chi connectivity index (χ2v) is 6.39. The maximum Gasteiger partial charge on any atom is 0.335 e. The van der Waals surface area contributed by atoms with Crippen LogP contribution < -0.4 is 9.47 Å². The van der Waals surface area contributed by atoms with Crippen molar-refractivity contribution in [2.45, 2.75) is 0 Å². The average molecular weight is 383 g/mol. The summed E-state index contributed by atoms with van der Waals surface area (Å²) in [6.45, 7) is 1.57. The Balaban J connectivity index is 1.40. The molecular weight excluding hydrogens is 366 g/mol. The zero-order chi connectivity index (χ0) is 19.7. The predicted molar refractivity (Wildman–Crippen MR) is 95.6 cm³/mol. The summed E-state index contributed by atoms with van der Waals surface area (Å²) in [4.78, 5) is 43.6. The molecule has 0 spiro atoms. The Morgan fingerprint density at radius 2 is 1.54 bits per heavy atom. The van der Waals surface area contributed by atoms with Crippen LogP contribution in [0.3, 0.4) is 0 Å². The van der Waals surface area contributed by atoms with Crippen LogP contribution in [-0.4, -0.2) is 70.6 Å². The molecule has 0 saturated carbocycles. The lowest BCUT2D eigenvalue weighted by Crippen LogP contribution is -2.50. The zero-order valence-corrected chi connectivity index (χ0v) is 14.8. The zero-order valence-electron chi connectivity index (χ0n) is 14.8. The fourth-order valence-electron chi connectivity index (χ4n) is 3.17. The van der Waals surface area contributed by atoms with Crippen LogP contribution in [0.1, 0.15) is 31.2 Å². The number of hydrogen-bond donors (Lipinski definition) is 1. The molecule has 28 heavy (non-hydrogen) atoms. The summed E-state index contributed by atoms with van der Waals surface area (Å²) in [5.74, 6) is -0.447. The normalized spacial score (nSPS) is 15.4.